The molecule has 0 aliphatic carbocycles. The van der Waals surface area contributed by atoms with Gasteiger partial charge in [-0.3, -0.25) is 0 Å². The molecule has 3 rings (SSSR count). The van der Waals surface area contributed by atoms with Crippen LogP contribution in [-0.4, -0.2) is 19.8 Å². The minimum Gasteiger partial charge on any atom is -0.207 e. The van der Waals surface area contributed by atoms with Crippen molar-refractivity contribution in [1.29, 1.82) is 0 Å². The van der Waals surface area contributed by atoms with Crippen molar-refractivity contribution in [1.82, 2.24) is 4.31 Å². The van der Waals surface area contributed by atoms with Crippen LogP contribution >= 0.6 is 0 Å². The second kappa shape index (κ2) is 4.18. The van der Waals surface area contributed by atoms with Crippen LogP contribution in [0.25, 0.3) is 0 Å². The van der Waals surface area contributed by atoms with Gasteiger partial charge in [-0.15, -0.1) is 0 Å². The predicted octanol–water partition coefficient (Wildman–Crippen LogP) is 2.72. The molecule has 0 radical (unpaired) electrons. The van der Waals surface area contributed by atoms with Crippen LogP contribution < -0.4 is 0 Å². The van der Waals surface area contributed by atoms with E-state index < -0.39 is 10.0 Å². The molecule has 0 spiro atoms. The van der Waals surface area contributed by atoms with E-state index in [4.69, 9.17) is 0 Å². The first-order valence-corrected chi connectivity index (χ1v) is 7.59. The van der Waals surface area contributed by atoms with E-state index in [1.165, 1.54) is 4.31 Å². The molecular weight excluding hydrogens is 258 g/mol. The predicted molar refractivity (Wildman–Crippen MR) is 74.4 cm³/mol. The highest BCUT2D eigenvalue weighted by Crippen LogP contribution is 2.41. The summed E-state index contributed by atoms with van der Waals surface area (Å²) in [5.74, 6) is 0. The third-order valence-electron chi connectivity index (χ3n) is 3.59. The first-order chi connectivity index (χ1) is 9.01. The second-order valence-electron chi connectivity index (χ2n) is 4.88. The Morgan fingerprint density at radius 2 is 1.79 bits per heavy atom. The minimum atomic E-state index is -3.36. The number of rotatable bonds is 1. The number of fused-ring (bicyclic) bond motifs is 1. The highest BCUT2D eigenvalue weighted by atomic mass is 32.2. The maximum atomic E-state index is 12.4. The fourth-order valence-corrected chi connectivity index (χ4v) is 4.21. The molecule has 1 atom stereocenters. The number of hydrogen-bond donors (Lipinski definition) is 0. The van der Waals surface area contributed by atoms with Crippen LogP contribution in [0.3, 0.4) is 0 Å². The molecule has 0 amide bonds. The van der Waals surface area contributed by atoms with Crippen LogP contribution in [-0.2, 0) is 10.0 Å². The first-order valence-electron chi connectivity index (χ1n) is 6.15. The minimum absolute atomic E-state index is 0.221. The third kappa shape index (κ3) is 1.79. The SMILES string of the molecule is Cc1cccc(C2c3ccccc3S(=O)(=O)N2C)c1. The van der Waals surface area contributed by atoms with Crippen LogP contribution in [0, 0.1) is 6.92 Å². The van der Waals surface area contributed by atoms with Crippen LogP contribution in [0.15, 0.2) is 53.4 Å². The summed E-state index contributed by atoms with van der Waals surface area (Å²) < 4.78 is 26.2. The zero-order chi connectivity index (χ0) is 13.6. The molecule has 0 aromatic heterocycles. The number of nitrogens with zero attached hydrogens (tertiary/aromatic N) is 1. The summed E-state index contributed by atoms with van der Waals surface area (Å²) in [6.07, 6.45) is 0. The number of sulfonamides is 1. The molecule has 0 saturated carbocycles. The van der Waals surface area contributed by atoms with E-state index in [0.717, 1.165) is 16.7 Å². The van der Waals surface area contributed by atoms with Crippen molar-refractivity contribution in [2.75, 3.05) is 7.05 Å². The van der Waals surface area contributed by atoms with E-state index in [0.29, 0.717) is 4.90 Å². The third-order valence-corrected chi connectivity index (χ3v) is 5.49. The van der Waals surface area contributed by atoms with Gasteiger partial charge in [-0.1, -0.05) is 48.0 Å². The molecular formula is C15H15NO2S. The summed E-state index contributed by atoms with van der Waals surface area (Å²) in [5.41, 5.74) is 3.00. The van der Waals surface area contributed by atoms with Gasteiger partial charge in [0.1, 0.15) is 0 Å². The van der Waals surface area contributed by atoms with Gasteiger partial charge in [0.25, 0.3) is 0 Å². The molecule has 1 aliphatic rings. The van der Waals surface area contributed by atoms with Crippen LogP contribution in [0.5, 0.6) is 0 Å². The maximum absolute atomic E-state index is 12.4. The molecule has 1 heterocycles. The van der Waals surface area contributed by atoms with Gasteiger partial charge in [-0.2, -0.15) is 4.31 Å². The van der Waals surface area contributed by atoms with Crippen molar-refractivity contribution < 1.29 is 8.42 Å². The lowest BCUT2D eigenvalue weighted by atomic mass is 9.98. The lowest BCUT2D eigenvalue weighted by Gasteiger charge is -2.19. The van der Waals surface area contributed by atoms with Gasteiger partial charge in [0.15, 0.2) is 0 Å². The van der Waals surface area contributed by atoms with Gasteiger partial charge >= 0.3 is 0 Å². The highest BCUT2D eigenvalue weighted by Gasteiger charge is 2.40. The van der Waals surface area contributed by atoms with Crippen LogP contribution in [0.4, 0.5) is 0 Å². The lowest BCUT2D eigenvalue weighted by molar-refractivity contribution is 0.440. The molecule has 2 aromatic rings. The summed E-state index contributed by atoms with van der Waals surface area (Å²) >= 11 is 0. The molecule has 4 heteroatoms. The zero-order valence-corrected chi connectivity index (χ0v) is 11.7. The molecule has 2 aromatic carbocycles. The van der Waals surface area contributed by atoms with E-state index in [1.54, 1.807) is 19.2 Å². The van der Waals surface area contributed by atoms with E-state index in [2.05, 4.69) is 0 Å². The van der Waals surface area contributed by atoms with Gasteiger partial charge in [0.2, 0.25) is 10.0 Å². The quantitative estimate of drug-likeness (QED) is 0.801. The summed E-state index contributed by atoms with van der Waals surface area (Å²) in [4.78, 5) is 0.420. The van der Waals surface area contributed by atoms with Crippen molar-refractivity contribution in [3.05, 3.63) is 65.2 Å². The molecule has 0 N–H and O–H groups in total. The van der Waals surface area contributed by atoms with Gasteiger partial charge in [0, 0.05) is 7.05 Å². The Kier molecular flexibility index (Phi) is 2.73. The Morgan fingerprint density at radius 1 is 1.05 bits per heavy atom. The molecule has 0 fully saturated rings. The molecule has 0 saturated heterocycles. The first kappa shape index (κ1) is 12.4. The Morgan fingerprint density at radius 3 is 2.53 bits per heavy atom. The fourth-order valence-electron chi connectivity index (χ4n) is 2.66. The van der Waals surface area contributed by atoms with E-state index in [1.807, 2.05) is 43.3 Å². The molecule has 0 bridgehead atoms. The summed E-state index contributed by atoms with van der Waals surface area (Å²) in [5, 5.41) is 0. The highest BCUT2D eigenvalue weighted by molar-refractivity contribution is 7.89. The molecule has 1 aliphatic heterocycles. The molecule has 19 heavy (non-hydrogen) atoms. The second-order valence-corrected chi connectivity index (χ2v) is 6.84. The van der Waals surface area contributed by atoms with Crippen LogP contribution in [0.1, 0.15) is 22.7 Å². The molecule has 3 nitrogen and oxygen atoms in total. The maximum Gasteiger partial charge on any atom is 0.244 e. The van der Waals surface area contributed by atoms with E-state index >= 15 is 0 Å². The van der Waals surface area contributed by atoms with Gasteiger partial charge in [0.05, 0.1) is 10.9 Å². The summed E-state index contributed by atoms with van der Waals surface area (Å²) in [6.45, 7) is 2.01. The number of benzene rings is 2. The Bertz CT molecular complexity index is 737. The van der Waals surface area contributed by atoms with Gasteiger partial charge in [-0.05, 0) is 24.1 Å². The van der Waals surface area contributed by atoms with E-state index in [-0.39, 0.29) is 6.04 Å². The van der Waals surface area contributed by atoms with Crippen molar-refractivity contribution in [2.45, 2.75) is 17.9 Å². The Hall–Kier alpha value is -1.65. The average molecular weight is 273 g/mol. The summed E-state index contributed by atoms with van der Waals surface area (Å²) in [7, 11) is -1.72. The van der Waals surface area contributed by atoms with Crippen molar-refractivity contribution in [2.24, 2.45) is 0 Å². The Balaban J connectivity index is 2.24. The normalized spacial score (nSPS) is 21.3. The molecule has 98 valence electrons. The van der Waals surface area contributed by atoms with Crippen molar-refractivity contribution in [3.8, 4) is 0 Å². The van der Waals surface area contributed by atoms with Crippen molar-refractivity contribution in [3.63, 3.8) is 0 Å². The largest absolute Gasteiger partial charge is 0.244 e. The van der Waals surface area contributed by atoms with Gasteiger partial charge in [-0.25, -0.2) is 8.42 Å². The monoisotopic (exact) mass is 273 g/mol. The van der Waals surface area contributed by atoms with Crippen molar-refractivity contribution >= 4 is 10.0 Å². The molecule has 1 unspecified atom stereocenters. The Labute approximate surface area is 113 Å². The lowest BCUT2D eigenvalue weighted by Crippen LogP contribution is -2.24. The number of hydrogen-bond acceptors (Lipinski definition) is 2. The average Bonchev–Trinajstić information content (AvgIpc) is 2.58. The topological polar surface area (TPSA) is 37.4 Å². The van der Waals surface area contributed by atoms with Gasteiger partial charge < -0.3 is 0 Å². The summed E-state index contributed by atoms with van der Waals surface area (Å²) in [6, 6.07) is 15.0. The number of aryl methyl sites for hydroxylation is 1. The standard InChI is InChI=1S/C15H15NO2S/c1-11-6-5-7-12(10-11)15-13-8-3-4-9-14(13)19(17,18)16(15)2/h3-10,15H,1-2H3. The smallest absolute Gasteiger partial charge is 0.207 e. The van der Waals surface area contributed by atoms with Crippen LogP contribution in [0.2, 0.25) is 0 Å². The van der Waals surface area contributed by atoms with E-state index in [9.17, 15) is 8.42 Å². The zero-order valence-electron chi connectivity index (χ0n) is 10.9. The fraction of sp³-hybridized carbons (Fsp3) is 0.200.